The molecule has 6 heteroatoms. The molecule has 2 rings (SSSR count). The lowest BCUT2D eigenvalue weighted by Gasteiger charge is -2.18. The number of hydrogen-bond acceptors (Lipinski definition) is 6. The molecule has 1 atom stereocenters. The van der Waals surface area contributed by atoms with Crippen LogP contribution in [0, 0.1) is 5.92 Å². The Kier molecular flexibility index (Phi) is 5.80. The lowest BCUT2D eigenvalue weighted by Crippen LogP contribution is -2.33. The first-order valence-corrected chi connectivity index (χ1v) is 7.51. The molecule has 2 aromatic heterocycles. The first-order valence-electron chi connectivity index (χ1n) is 7.51. The highest BCUT2D eigenvalue weighted by Crippen LogP contribution is 2.14. The summed E-state index contributed by atoms with van der Waals surface area (Å²) >= 11 is 0. The van der Waals surface area contributed by atoms with E-state index in [4.69, 9.17) is 4.52 Å². The normalized spacial score (nSPS) is 12.8. The van der Waals surface area contributed by atoms with Crippen LogP contribution >= 0.6 is 0 Å². The molecule has 0 aliphatic heterocycles. The van der Waals surface area contributed by atoms with Gasteiger partial charge in [-0.1, -0.05) is 25.9 Å². The molecule has 114 valence electrons. The molecule has 1 unspecified atom stereocenters. The lowest BCUT2D eigenvalue weighted by molar-refractivity contribution is 0.338. The van der Waals surface area contributed by atoms with Gasteiger partial charge in [-0.05, 0) is 25.3 Å². The summed E-state index contributed by atoms with van der Waals surface area (Å²) in [4.78, 5) is 12.6. The first-order chi connectivity index (χ1) is 10.2. The van der Waals surface area contributed by atoms with E-state index in [1.807, 2.05) is 0 Å². The Morgan fingerprint density at radius 1 is 1.29 bits per heavy atom. The Morgan fingerprint density at radius 3 is 2.81 bits per heavy atom. The van der Waals surface area contributed by atoms with Gasteiger partial charge in [-0.15, -0.1) is 0 Å². The first kappa shape index (κ1) is 15.6. The second kappa shape index (κ2) is 7.83. The lowest BCUT2D eigenvalue weighted by atomic mass is 10.0. The summed E-state index contributed by atoms with van der Waals surface area (Å²) in [5, 5.41) is 7.53. The fraction of sp³-hybridized carbons (Fsp3) is 0.600. The van der Waals surface area contributed by atoms with E-state index in [0.717, 1.165) is 25.8 Å². The molecule has 0 bridgehead atoms. The Hall–Kier alpha value is -1.82. The van der Waals surface area contributed by atoms with Crippen LogP contribution in [0.5, 0.6) is 0 Å². The van der Waals surface area contributed by atoms with Gasteiger partial charge >= 0.3 is 0 Å². The van der Waals surface area contributed by atoms with Gasteiger partial charge in [0.1, 0.15) is 5.69 Å². The minimum absolute atomic E-state index is 0.361. The zero-order valence-corrected chi connectivity index (χ0v) is 12.9. The van der Waals surface area contributed by atoms with E-state index in [-0.39, 0.29) is 0 Å². The third kappa shape index (κ3) is 4.90. The third-order valence-electron chi connectivity index (χ3n) is 3.12. The molecule has 2 heterocycles. The van der Waals surface area contributed by atoms with Crippen molar-refractivity contribution in [2.75, 3.05) is 6.54 Å². The van der Waals surface area contributed by atoms with E-state index >= 15 is 0 Å². The van der Waals surface area contributed by atoms with Gasteiger partial charge in [0.25, 0.3) is 0 Å². The Bertz CT molecular complexity index is 526. The molecule has 0 aliphatic carbocycles. The van der Waals surface area contributed by atoms with Crippen LogP contribution in [0.2, 0.25) is 0 Å². The topological polar surface area (TPSA) is 76.7 Å². The Morgan fingerprint density at radius 2 is 2.14 bits per heavy atom. The second-order valence-electron chi connectivity index (χ2n) is 5.59. The highest BCUT2D eigenvalue weighted by Gasteiger charge is 2.16. The number of nitrogens with one attached hydrogen (secondary N) is 1. The van der Waals surface area contributed by atoms with Crippen LogP contribution in [-0.2, 0) is 6.42 Å². The van der Waals surface area contributed by atoms with E-state index < -0.39 is 0 Å². The molecule has 0 saturated heterocycles. The predicted molar refractivity (Wildman–Crippen MR) is 80.6 cm³/mol. The van der Waals surface area contributed by atoms with Crippen molar-refractivity contribution in [3.05, 3.63) is 24.5 Å². The summed E-state index contributed by atoms with van der Waals surface area (Å²) in [6, 6.07) is 0.361. The summed E-state index contributed by atoms with van der Waals surface area (Å²) in [6.07, 6.45) is 7.82. The fourth-order valence-corrected chi connectivity index (χ4v) is 2.22. The maximum atomic E-state index is 5.34. The Balaban J connectivity index is 2.02. The zero-order chi connectivity index (χ0) is 15.1. The van der Waals surface area contributed by atoms with E-state index in [1.165, 1.54) is 0 Å². The monoisotopic (exact) mass is 289 g/mol. The van der Waals surface area contributed by atoms with Crippen molar-refractivity contribution in [2.24, 2.45) is 5.92 Å². The minimum Gasteiger partial charge on any atom is -0.339 e. The van der Waals surface area contributed by atoms with Crippen LogP contribution in [0.1, 0.15) is 39.5 Å². The van der Waals surface area contributed by atoms with Gasteiger partial charge in [-0.2, -0.15) is 4.98 Å². The van der Waals surface area contributed by atoms with Crippen molar-refractivity contribution in [1.29, 1.82) is 0 Å². The van der Waals surface area contributed by atoms with Crippen LogP contribution in [0.15, 0.2) is 23.1 Å². The van der Waals surface area contributed by atoms with Gasteiger partial charge in [0.2, 0.25) is 11.7 Å². The highest BCUT2D eigenvalue weighted by molar-refractivity contribution is 5.45. The molecular formula is C15H23N5O. The highest BCUT2D eigenvalue weighted by atomic mass is 16.5. The molecule has 1 N–H and O–H groups in total. The molecule has 0 aliphatic rings. The van der Waals surface area contributed by atoms with Gasteiger partial charge in [-0.3, -0.25) is 4.98 Å². The maximum absolute atomic E-state index is 5.34. The van der Waals surface area contributed by atoms with Gasteiger partial charge in [0, 0.05) is 24.9 Å². The summed E-state index contributed by atoms with van der Waals surface area (Å²) in [6.45, 7) is 7.61. The van der Waals surface area contributed by atoms with Gasteiger partial charge in [0.15, 0.2) is 0 Å². The van der Waals surface area contributed by atoms with Crippen LogP contribution in [0.4, 0.5) is 0 Å². The molecule has 0 spiro atoms. The molecule has 0 radical (unpaired) electrons. The molecule has 0 amide bonds. The van der Waals surface area contributed by atoms with Crippen molar-refractivity contribution in [3.63, 3.8) is 0 Å². The molecular weight excluding hydrogens is 266 g/mol. The summed E-state index contributed by atoms with van der Waals surface area (Å²) in [5.74, 6) is 1.77. The Labute approximate surface area is 125 Å². The molecule has 2 aromatic rings. The predicted octanol–water partition coefficient (Wildman–Crippen LogP) is 2.48. The van der Waals surface area contributed by atoms with E-state index in [0.29, 0.717) is 29.4 Å². The van der Waals surface area contributed by atoms with E-state index in [1.54, 1.807) is 18.6 Å². The van der Waals surface area contributed by atoms with Crippen LogP contribution in [0.25, 0.3) is 11.5 Å². The summed E-state index contributed by atoms with van der Waals surface area (Å²) in [7, 11) is 0. The standard InChI is InChI=1S/C15H23N5O/c1-4-5-17-12(8-11(2)3)9-14-19-15(20-21-14)13-10-16-6-7-18-13/h6-7,10-12,17H,4-5,8-9H2,1-3H3. The van der Waals surface area contributed by atoms with Crippen LogP contribution in [0.3, 0.4) is 0 Å². The molecule has 0 saturated carbocycles. The van der Waals surface area contributed by atoms with Crippen molar-refractivity contribution in [2.45, 2.75) is 46.1 Å². The van der Waals surface area contributed by atoms with Gasteiger partial charge in [-0.25, -0.2) is 4.98 Å². The van der Waals surface area contributed by atoms with Crippen molar-refractivity contribution >= 4 is 0 Å². The number of hydrogen-bond donors (Lipinski definition) is 1. The number of nitrogens with zero attached hydrogens (tertiary/aromatic N) is 4. The van der Waals surface area contributed by atoms with Crippen LogP contribution in [-0.4, -0.2) is 32.7 Å². The zero-order valence-electron chi connectivity index (χ0n) is 12.9. The van der Waals surface area contributed by atoms with E-state index in [2.05, 4.69) is 46.2 Å². The van der Waals surface area contributed by atoms with Gasteiger partial charge < -0.3 is 9.84 Å². The quantitative estimate of drug-likeness (QED) is 0.804. The number of aromatic nitrogens is 4. The molecule has 0 fully saturated rings. The van der Waals surface area contributed by atoms with Crippen molar-refractivity contribution < 1.29 is 4.52 Å². The third-order valence-corrected chi connectivity index (χ3v) is 3.12. The average Bonchev–Trinajstić information content (AvgIpc) is 2.93. The fourth-order valence-electron chi connectivity index (χ4n) is 2.22. The van der Waals surface area contributed by atoms with Gasteiger partial charge in [0.05, 0.1) is 6.20 Å². The average molecular weight is 289 g/mol. The smallest absolute Gasteiger partial charge is 0.228 e. The number of rotatable bonds is 8. The van der Waals surface area contributed by atoms with Crippen molar-refractivity contribution in [3.8, 4) is 11.5 Å². The maximum Gasteiger partial charge on any atom is 0.228 e. The van der Waals surface area contributed by atoms with Crippen LogP contribution < -0.4 is 5.32 Å². The molecule has 21 heavy (non-hydrogen) atoms. The minimum atomic E-state index is 0.361. The molecule has 0 aromatic carbocycles. The van der Waals surface area contributed by atoms with E-state index in [9.17, 15) is 0 Å². The SMILES string of the molecule is CCCNC(Cc1nc(-c2cnccn2)no1)CC(C)C. The largest absolute Gasteiger partial charge is 0.339 e. The van der Waals surface area contributed by atoms with Crippen molar-refractivity contribution in [1.82, 2.24) is 25.4 Å². The molecule has 6 nitrogen and oxygen atoms in total. The summed E-state index contributed by atoms with van der Waals surface area (Å²) < 4.78 is 5.34. The second-order valence-corrected chi connectivity index (χ2v) is 5.59. The summed E-state index contributed by atoms with van der Waals surface area (Å²) in [5.41, 5.74) is 0.634.